The molecule has 5 heteroatoms. The molecule has 1 fully saturated rings. The molecule has 0 aliphatic carbocycles. The van der Waals surface area contributed by atoms with E-state index in [2.05, 4.69) is 10.3 Å². The molecule has 0 spiro atoms. The van der Waals surface area contributed by atoms with Crippen LogP contribution in [0, 0.1) is 5.92 Å². The molecule has 1 amide bonds. The molecule has 1 aromatic carbocycles. The summed E-state index contributed by atoms with van der Waals surface area (Å²) in [6.45, 7) is 3.95. The molecule has 104 valence electrons. The van der Waals surface area contributed by atoms with Crippen molar-refractivity contribution in [3.63, 3.8) is 0 Å². The lowest BCUT2D eigenvalue weighted by Gasteiger charge is -2.16. The Morgan fingerprint density at radius 1 is 1.47 bits per heavy atom. The van der Waals surface area contributed by atoms with Crippen LogP contribution < -0.4 is 11.3 Å². The van der Waals surface area contributed by atoms with E-state index in [9.17, 15) is 4.79 Å². The number of carbonyl (C=O) groups is 1. The van der Waals surface area contributed by atoms with Crippen LogP contribution in [-0.4, -0.2) is 37.6 Å². The van der Waals surface area contributed by atoms with Crippen molar-refractivity contribution in [2.45, 2.75) is 13.0 Å². The Morgan fingerprint density at radius 3 is 2.84 bits per heavy atom. The SMILES string of the molecule is COCC1CCN(Cc2ccc(C(=O)NN)cc2)C1. The molecule has 1 aliphatic rings. The first kappa shape index (κ1) is 14.0. The molecule has 5 nitrogen and oxygen atoms in total. The van der Waals surface area contributed by atoms with E-state index in [0.29, 0.717) is 11.5 Å². The highest BCUT2D eigenvalue weighted by Crippen LogP contribution is 2.19. The maximum Gasteiger partial charge on any atom is 0.265 e. The van der Waals surface area contributed by atoms with Gasteiger partial charge in [-0.1, -0.05) is 12.1 Å². The maximum atomic E-state index is 11.3. The summed E-state index contributed by atoms with van der Waals surface area (Å²) >= 11 is 0. The summed E-state index contributed by atoms with van der Waals surface area (Å²) in [6, 6.07) is 7.57. The summed E-state index contributed by atoms with van der Waals surface area (Å²) in [5.74, 6) is 5.49. The van der Waals surface area contributed by atoms with E-state index in [1.807, 2.05) is 12.1 Å². The smallest absolute Gasteiger partial charge is 0.265 e. The van der Waals surface area contributed by atoms with Crippen LogP contribution in [0.3, 0.4) is 0 Å². The van der Waals surface area contributed by atoms with E-state index in [-0.39, 0.29) is 5.91 Å². The number of nitrogens with one attached hydrogen (secondary N) is 1. The molecule has 1 unspecified atom stereocenters. The van der Waals surface area contributed by atoms with Gasteiger partial charge in [-0.2, -0.15) is 0 Å². The van der Waals surface area contributed by atoms with E-state index >= 15 is 0 Å². The fourth-order valence-electron chi connectivity index (χ4n) is 2.53. The number of amides is 1. The number of hydrazine groups is 1. The number of carbonyl (C=O) groups excluding carboxylic acids is 1. The average Bonchev–Trinajstić information content (AvgIpc) is 2.86. The zero-order chi connectivity index (χ0) is 13.7. The highest BCUT2D eigenvalue weighted by Gasteiger charge is 2.22. The van der Waals surface area contributed by atoms with Crippen molar-refractivity contribution in [3.8, 4) is 0 Å². The van der Waals surface area contributed by atoms with Crippen LogP contribution >= 0.6 is 0 Å². The molecule has 19 heavy (non-hydrogen) atoms. The number of benzene rings is 1. The first-order valence-corrected chi connectivity index (χ1v) is 6.54. The number of rotatable bonds is 5. The fourth-order valence-corrected chi connectivity index (χ4v) is 2.53. The lowest BCUT2D eigenvalue weighted by Crippen LogP contribution is -2.29. The zero-order valence-electron chi connectivity index (χ0n) is 11.3. The number of ether oxygens (including phenoxy) is 1. The number of hydrogen-bond acceptors (Lipinski definition) is 4. The summed E-state index contributed by atoms with van der Waals surface area (Å²) in [6.07, 6.45) is 1.20. The van der Waals surface area contributed by atoms with Crippen LogP contribution in [0.15, 0.2) is 24.3 Å². The molecule has 2 rings (SSSR count). The molecule has 1 heterocycles. The zero-order valence-corrected chi connectivity index (χ0v) is 11.3. The van der Waals surface area contributed by atoms with Crippen molar-refractivity contribution in [3.05, 3.63) is 35.4 Å². The van der Waals surface area contributed by atoms with Crippen molar-refractivity contribution in [2.24, 2.45) is 11.8 Å². The number of hydrogen-bond donors (Lipinski definition) is 2. The normalized spacial score (nSPS) is 19.6. The molecule has 0 radical (unpaired) electrons. The van der Waals surface area contributed by atoms with Gasteiger partial charge in [0.1, 0.15) is 0 Å². The monoisotopic (exact) mass is 263 g/mol. The molecule has 0 aromatic heterocycles. The van der Waals surface area contributed by atoms with Gasteiger partial charge in [0.15, 0.2) is 0 Å². The van der Waals surface area contributed by atoms with Crippen LogP contribution in [0.2, 0.25) is 0 Å². The van der Waals surface area contributed by atoms with Gasteiger partial charge in [-0.15, -0.1) is 0 Å². The highest BCUT2D eigenvalue weighted by atomic mass is 16.5. The molecule has 1 aromatic rings. The number of nitrogens with two attached hydrogens (primary N) is 1. The van der Waals surface area contributed by atoms with Gasteiger partial charge in [0, 0.05) is 25.8 Å². The van der Waals surface area contributed by atoms with Gasteiger partial charge < -0.3 is 4.74 Å². The predicted molar refractivity (Wildman–Crippen MR) is 73.4 cm³/mol. The minimum absolute atomic E-state index is 0.257. The summed E-state index contributed by atoms with van der Waals surface area (Å²) < 4.78 is 5.20. The lowest BCUT2D eigenvalue weighted by atomic mass is 10.1. The standard InChI is InChI=1S/C14H21N3O2/c1-19-10-12-6-7-17(9-12)8-11-2-4-13(5-3-11)14(18)16-15/h2-5,12H,6-10,15H2,1H3,(H,16,18). The Bertz CT molecular complexity index is 419. The van der Waals surface area contributed by atoms with Crippen LogP contribution in [0.5, 0.6) is 0 Å². The topological polar surface area (TPSA) is 67.6 Å². The highest BCUT2D eigenvalue weighted by molar-refractivity contribution is 5.93. The maximum absolute atomic E-state index is 11.3. The predicted octanol–water partition coefficient (Wildman–Crippen LogP) is 0.758. The van der Waals surface area contributed by atoms with Gasteiger partial charge in [0.05, 0.1) is 6.61 Å². The number of methoxy groups -OCH3 is 1. The van der Waals surface area contributed by atoms with E-state index in [0.717, 1.165) is 26.2 Å². The first-order chi connectivity index (χ1) is 9.22. The summed E-state index contributed by atoms with van der Waals surface area (Å²) in [5, 5.41) is 0. The second kappa shape index (κ2) is 6.65. The van der Waals surface area contributed by atoms with Crippen molar-refractivity contribution >= 4 is 5.91 Å². The quantitative estimate of drug-likeness (QED) is 0.467. The van der Waals surface area contributed by atoms with Crippen LogP contribution in [0.4, 0.5) is 0 Å². The Hall–Kier alpha value is -1.43. The molecule has 3 N–H and O–H groups in total. The molecule has 1 saturated heterocycles. The second-order valence-electron chi connectivity index (χ2n) is 5.02. The number of nitrogen functional groups attached to an aromatic ring is 1. The first-order valence-electron chi connectivity index (χ1n) is 6.54. The van der Waals surface area contributed by atoms with E-state index in [1.54, 1.807) is 19.2 Å². The molecular weight excluding hydrogens is 242 g/mol. The fraction of sp³-hybridized carbons (Fsp3) is 0.500. The summed E-state index contributed by atoms with van der Waals surface area (Å²) in [4.78, 5) is 13.7. The van der Waals surface area contributed by atoms with Gasteiger partial charge in [-0.3, -0.25) is 15.1 Å². The molecular formula is C14H21N3O2. The lowest BCUT2D eigenvalue weighted by molar-refractivity contribution is 0.0953. The minimum atomic E-state index is -0.257. The van der Waals surface area contributed by atoms with E-state index in [4.69, 9.17) is 10.6 Å². The van der Waals surface area contributed by atoms with E-state index in [1.165, 1.54) is 12.0 Å². The Labute approximate surface area is 113 Å². The Kier molecular flexibility index (Phi) is 4.90. The van der Waals surface area contributed by atoms with Crippen molar-refractivity contribution < 1.29 is 9.53 Å². The molecule has 0 bridgehead atoms. The van der Waals surface area contributed by atoms with Gasteiger partial charge in [0.2, 0.25) is 0 Å². The third-order valence-corrected chi connectivity index (χ3v) is 3.53. The molecule has 1 atom stereocenters. The Balaban J connectivity index is 1.88. The summed E-state index contributed by atoms with van der Waals surface area (Å²) in [5.41, 5.74) is 3.93. The third-order valence-electron chi connectivity index (χ3n) is 3.53. The summed E-state index contributed by atoms with van der Waals surface area (Å²) in [7, 11) is 1.75. The molecule has 0 saturated carbocycles. The van der Waals surface area contributed by atoms with Crippen LogP contribution in [-0.2, 0) is 11.3 Å². The minimum Gasteiger partial charge on any atom is -0.384 e. The largest absolute Gasteiger partial charge is 0.384 e. The van der Waals surface area contributed by atoms with Crippen molar-refractivity contribution in [2.75, 3.05) is 26.8 Å². The van der Waals surface area contributed by atoms with Gasteiger partial charge in [0.25, 0.3) is 5.91 Å². The van der Waals surface area contributed by atoms with Gasteiger partial charge >= 0.3 is 0 Å². The van der Waals surface area contributed by atoms with Gasteiger partial charge in [-0.25, -0.2) is 5.84 Å². The van der Waals surface area contributed by atoms with Crippen molar-refractivity contribution in [1.82, 2.24) is 10.3 Å². The Morgan fingerprint density at radius 2 is 2.21 bits per heavy atom. The number of likely N-dealkylation sites (tertiary alicyclic amines) is 1. The van der Waals surface area contributed by atoms with E-state index < -0.39 is 0 Å². The third kappa shape index (κ3) is 3.76. The second-order valence-corrected chi connectivity index (χ2v) is 5.02. The average molecular weight is 263 g/mol. The van der Waals surface area contributed by atoms with Crippen LogP contribution in [0.1, 0.15) is 22.3 Å². The van der Waals surface area contributed by atoms with Crippen LogP contribution in [0.25, 0.3) is 0 Å². The van der Waals surface area contributed by atoms with Crippen molar-refractivity contribution in [1.29, 1.82) is 0 Å². The molecule has 1 aliphatic heterocycles. The van der Waals surface area contributed by atoms with Gasteiger partial charge in [-0.05, 0) is 36.6 Å². The number of nitrogens with zero attached hydrogens (tertiary/aromatic N) is 1.